The van der Waals surface area contributed by atoms with E-state index in [1.807, 2.05) is 109 Å². The van der Waals surface area contributed by atoms with Gasteiger partial charge in [0.15, 0.2) is 5.78 Å². The molecule has 0 unspecified atom stereocenters. The molecule has 0 aliphatic heterocycles. The molecule has 0 aliphatic rings. The Morgan fingerprint density at radius 2 is 1.53 bits per heavy atom. The van der Waals surface area contributed by atoms with E-state index >= 15 is 0 Å². The zero-order valence-corrected chi connectivity index (χ0v) is 17.7. The van der Waals surface area contributed by atoms with Gasteiger partial charge in [-0.05, 0) is 12.5 Å². The standard InChI is InChI=1S/C14H11O.C13H11O.Fe/c15-14(13-8-4-5-9-13)11-10-12-6-2-1-3-7-12;1-10(14)12-7-4-8-13(9-12)11-5-2-3-6-11;/h1-11H;2-9H,1H3;/q-5;-1;. The molecule has 0 amide bonds. The van der Waals surface area contributed by atoms with Gasteiger partial charge in [0.05, 0.1) is 0 Å². The van der Waals surface area contributed by atoms with Crippen LogP contribution >= 0.6 is 0 Å². The first-order chi connectivity index (χ1) is 14.1. The summed E-state index contributed by atoms with van der Waals surface area (Å²) >= 11 is 0. The van der Waals surface area contributed by atoms with Crippen molar-refractivity contribution in [1.82, 2.24) is 0 Å². The first kappa shape index (κ1) is 23.0. The molecule has 0 fully saturated rings. The van der Waals surface area contributed by atoms with Gasteiger partial charge in [0.2, 0.25) is 0 Å². The monoisotopic (exact) mass is 434 g/mol. The van der Waals surface area contributed by atoms with Gasteiger partial charge in [-0.3, -0.25) is 4.79 Å². The van der Waals surface area contributed by atoms with Crippen molar-refractivity contribution >= 4 is 17.6 Å². The van der Waals surface area contributed by atoms with Gasteiger partial charge in [0.25, 0.3) is 0 Å². The summed E-state index contributed by atoms with van der Waals surface area (Å²) < 4.78 is 0. The van der Waals surface area contributed by atoms with Crippen molar-refractivity contribution in [3.8, 4) is 11.1 Å². The second-order valence-corrected chi connectivity index (χ2v) is 6.59. The second kappa shape index (κ2) is 11.7. The smallest absolute Gasteiger partial charge is 0.152 e. The maximum absolute atomic E-state index is 11.6. The third-order valence-electron chi connectivity index (χ3n) is 4.44. The molecule has 0 aromatic heterocycles. The van der Waals surface area contributed by atoms with E-state index in [0.717, 1.165) is 27.8 Å². The normalized spacial score (nSPS) is 10.0. The molecule has 0 radical (unpaired) electrons. The predicted molar refractivity (Wildman–Crippen MR) is 119 cm³/mol. The Bertz CT molecular complexity index is 1070. The molecule has 4 rings (SSSR count). The minimum absolute atomic E-state index is 0. The third kappa shape index (κ3) is 6.66. The van der Waals surface area contributed by atoms with Crippen LogP contribution in [-0.4, -0.2) is 11.6 Å². The van der Waals surface area contributed by atoms with Crippen molar-refractivity contribution in [3.05, 3.63) is 126 Å². The maximum atomic E-state index is 11.6. The summed E-state index contributed by atoms with van der Waals surface area (Å²) in [6, 6.07) is 32.9. The molecule has 4 aromatic carbocycles. The number of hydrogen-bond acceptors (Lipinski definition) is 2. The van der Waals surface area contributed by atoms with E-state index in [0.29, 0.717) is 0 Å². The molecular formula is C27H22FeO2-6. The fourth-order valence-electron chi connectivity index (χ4n) is 2.85. The molecule has 0 saturated carbocycles. The van der Waals surface area contributed by atoms with E-state index in [2.05, 4.69) is 0 Å². The van der Waals surface area contributed by atoms with Crippen LogP contribution in [0.15, 0.2) is 109 Å². The Hall–Kier alpha value is -3.26. The Morgan fingerprint density at radius 3 is 2.17 bits per heavy atom. The molecule has 2 nitrogen and oxygen atoms in total. The summed E-state index contributed by atoms with van der Waals surface area (Å²) in [5.74, 6) is 0.155. The van der Waals surface area contributed by atoms with E-state index in [4.69, 9.17) is 0 Å². The zero-order valence-electron chi connectivity index (χ0n) is 16.6. The molecule has 156 valence electrons. The van der Waals surface area contributed by atoms with E-state index in [-0.39, 0.29) is 28.6 Å². The van der Waals surface area contributed by atoms with Crippen molar-refractivity contribution in [2.24, 2.45) is 0 Å². The van der Waals surface area contributed by atoms with Crippen LogP contribution in [-0.2, 0) is 17.1 Å². The average molecular weight is 434 g/mol. The Morgan fingerprint density at radius 1 is 0.867 bits per heavy atom. The van der Waals surface area contributed by atoms with Crippen molar-refractivity contribution in [2.75, 3.05) is 0 Å². The number of Topliss-reactive ketones (excluding diaryl/α,β-unsaturated/α-hetero) is 1. The van der Waals surface area contributed by atoms with Gasteiger partial charge in [-0.25, -0.2) is 0 Å². The van der Waals surface area contributed by atoms with Crippen LogP contribution in [0.25, 0.3) is 17.2 Å². The molecule has 0 heterocycles. The maximum Gasteiger partial charge on any atom is 0.152 e. The zero-order chi connectivity index (χ0) is 20.5. The van der Waals surface area contributed by atoms with Crippen LogP contribution < -0.4 is 0 Å². The topological polar surface area (TPSA) is 34.1 Å². The SMILES string of the molecule is CC(=O)c1cccc(-[c-]2cccc2)c1.O=C(C=Cc1ccccc1)[c-]1[cH-][cH-][cH-][cH-]1.[Fe]. The molecule has 30 heavy (non-hydrogen) atoms. The van der Waals surface area contributed by atoms with Crippen LogP contribution in [0.3, 0.4) is 0 Å². The van der Waals surface area contributed by atoms with Crippen molar-refractivity contribution in [1.29, 1.82) is 0 Å². The fraction of sp³-hybridized carbons (Fsp3) is 0.0370. The van der Waals surface area contributed by atoms with Crippen LogP contribution in [0.5, 0.6) is 0 Å². The molecule has 0 bridgehead atoms. The number of allylic oxidation sites excluding steroid dienone is 1. The van der Waals surface area contributed by atoms with Crippen molar-refractivity contribution < 1.29 is 26.7 Å². The summed E-state index contributed by atoms with van der Waals surface area (Å²) in [6.07, 6.45) is 3.43. The average Bonchev–Trinajstić information content (AvgIpc) is 3.48. The molecule has 0 spiro atoms. The Kier molecular flexibility index (Phi) is 8.96. The van der Waals surface area contributed by atoms with Gasteiger partial charge in [-0.2, -0.15) is 18.2 Å². The molecule has 0 atom stereocenters. The van der Waals surface area contributed by atoms with Gasteiger partial charge in [-0.15, -0.1) is 29.8 Å². The predicted octanol–water partition coefficient (Wildman–Crippen LogP) is 6.57. The number of carbonyl (C=O) groups is 2. The van der Waals surface area contributed by atoms with Crippen molar-refractivity contribution in [3.63, 3.8) is 0 Å². The molecule has 3 heteroatoms. The summed E-state index contributed by atoms with van der Waals surface area (Å²) in [5, 5.41) is 0. The van der Waals surface area contributed by atoms with Crippen LogP contribution in [0.2, 0.25) is 0 Å². The Balaban J connectivity index is 0.000000207. The quantitative estimate of drug-likeness (QED) is 0.154. The van der Waals surface area contributed by atoms with E-state index in [9.17, 15) is 9.59 Å². The number of carbonyl (C=O) groups excluding carboxylic acids is 2. The first-order valence-electron chi connectivity index (χ1n) is 9.46. The van der Waals surface area contributed by atoms with Gasteiger partial charge < -0.3 is 46.5 Å². The summed E-state index contributed by atoms with van der Waals surface area (Å²) in [6.45, 7) is 1.59. The van der Waals surface area contributed by atoms with E-state index in [1.165, 1.54) is 0 Å². The molecular weight excluding hydrogens is 412 g/mol. The van der Waals surface area contributed by atoms with Gasteiger partial charge in [0, 0.05) is 17.1 Å². The number of hydrogen-bond donors (Lipinski definition) is 0. The van der Waals surface area contributed by atoms with Crippen molar-refractivity contribution in [2.45, 2.75) is 6.92 Å². The van der Waals surface area contributed by atoms with Crippen LogP contribution in [0, 0.1) is 0 Å². The molecule has 0 N–H and O–H groups in total. The summed E-state index contributed by atoms with van der Waals surface area (Å²) in [5.41, 5.74) is 4.80. The van der Waals surface area contributed by atoms with Gasteiger partial charge >= 0.3 is 0 Å². The number of benzene rings is 2. The van der Waals surface area contributed by atoms with E-state index in [1.54, 1.807) is 13.0 Å². The van der Waals surface area contributed by atoms with E-state index < -0.39 is 0 Å². The number of ketones is 2. The summed E-state index contributed by atoms with van der Waals surface area (Å²) in [4.78, 5) is 22.8. The fourth-order valence-corrected chi connectivity index (χ4v) is 2.85. The summed E-state index contributed by atoms with van der Waals surface area (Å²) in [7, 11) is 0. The molecule has 0 aliphatic carbocycles. The van der Waals surface area contributed by atoms with Crippen LogP contribution in [0.4, 0.5) is 0 Å². The second-order valence-electron chi connectivity index (χ2n) is 6.59. The number of rotatable bonds is 5. The molecule has 0 saturated heterocycles. The van der Waals surface area contributed by atoms with Gasteiger partial charge in [0.1, 0.15) is 0 Å². The molecule has 4 aromatic rings. The minimum atomic E-state index is 0. The Labute approximate surface area is 188 Å². The largest absolute Gasteiger partial charge is 0.645 e. The minimum Gasteiger partial charge on any atom is -0.645 e. The first-order valence-corrected chi connectivity index (χ1v) is 9.46. The third-order valence-corrected chi connectivity index (χ3v) is 4.44. The van der Waals surface area contributed by atoms with Crippen LogP contribution in [0.1, 0.15) is 33.2 Å². The van der Waals surface area contributed by atoms with Gasteiger partial charge in [-0.1, -0.05) is 53.6 Å².